The molecule has 4 aliphatic carbocycles. The summed E-state index contributed by atoms with van der Waals surface area (Å²) in [5.41, 5.74) is -1.42. The Morgan fingerprint density at radius 1 is 0.968 bits per heavy atom. The third-order valence-electron chi connectivity index (χ3n) is 10.9. The van der Waals surface area contributed by atoms with Gasteiger partial charge >= 0.3 is 0 Å². The van der Waals surface area contributed by atoms with Crippen LogP contribution < -0.4 is 5.32 Å². The Bertz CT molecular complexity index is 750. The van der Waals surface area contributed by atoms with Gasteiger partial charge in [0.2, 0.25) is 0 Å². The van der Waals surface area contributed by atoms with Crippen LogP contribution in [0.5, 0.6) is 0 Å². The number of nitrogens with zero attached hydrogens (tertiary/aromatic N) is 1. The van der Waals surface area contributed by atoms with Crippen molar-refractivity contribution in [2.45, 2.75) is 103 Å². The van der Waals surface area contributed by atoms with Gasteiger partial charge in [-0.3, -0.25) is 0 Å². The number of hydrogen-bond acceptors (Lipinski definition) is 6. The summed E-state index contributed by atoms with van der Waals surface area (Å²) in [6, 6.07) is 0. The Morgan fingerprint density at radius 2 is 1.74 bits per heavy atom. The van der Waals surface area contributed by atoms with E-state index >= 15 is 0 Å². The third kappa shape index (κ3) is 2.80. The molecule has 6 heteroatoms. The van der Waals surface area contributed by atoms with Gasteiger partial charge in [0.15, 0.2) is 0 Å². The maximum Gasteiger partial charge on any atom is 0.141 e. The van der Waals surface area contributed by atoms with Gasteiger partial charge in [0.1, 0.15) is 11.7 Å². The van der Waals surface area contributed by atoms with Crippen LogP contribution in [0.15, 0.2) is 5.16 Å². The van der Waals surface area contributed by atoms with Crippen LogP contribution in [-0.4, -0.2) is 58.0 Å². The Balaban J connectivity index is 1.47. The van der Waals surface area contributed by atoms with Crippen LogP contribution in [0.3, 0.4) is 0 Å². The van der Waals surface area contributed by atoms with Crippen molar-refractivity contribution in [1.82, 2.24) is 5.32 Å². The van der Waals surface area contributed by atoms with Gasteiger partial charge in [-0.2, -0.15) is 0 Å². The molecule has 5 rings (SSSR count). The van der Waals surface area contributed by atoms with Crippen LogP contribution in [0.4, 0.5) is 0 Å². The monoisotopic (exact) mass is 434 g/mol. The second-order valence-electron chi connectivity index (χ2n) is 12.3. The van der Waals surface area contributed by atoms with Crippen molar-refractivity contribution in [3.8, 4) is 0 Å². The number of nitrogens with one attached hydrogen (secondary N) is 1. The van der Waals surface area contributed by atoms with Crippen LogP contribution in [0, 0.1) is 34.0 Å². The Morgan fingerprint density at radius 3 is 2.45 bits per heavy atom. The molecule has 0 aromatic heterocycles. The molecule has 31 heavy (non-hydrogen) atoms. The molecule has 4 N–H and O–H groups in total. The zero-order chi connectivity index (χ0) is 22.2. The lowest BCUT2D eigenvalue weighted by Crippen LogP contribution is -2.74. The zero-order valence-corrected chi connectivity index (χ0v) is 19.7. The number of aliphatic hydroxyl groups is 3. The molecule has 0 spiro atoms. The molecule has 0 bridgehead atoms. The van der Waals surface area contributed by atoms with Crippen LogP contribution in [0.2, 0.25) is 0 Å². The van der Waals surface area contributed by atoms with E-state index in [1.165, 1.54) is 0 Å². The smallest absolute Gasteiger partial charge is 0.141 e. The minimum absolute atomic E-state index is 0.0351. The lowest BCUT2D eigenvalue weighted by molar-refractivity contribution is -0.276. The van der Waals surface area contributed by atoms with E-state index in [1.54, 1.807) is 0 Å². The fraction of sp³-hybridized carbons (Fsp3) is 0.960. The molecule has 1 saturated heterocycles. The van der Waals surface area contributed by atoms with Gasteiger partial charge in [0.25, 0.3) is 0 Å². The Labute approximate surface area is 186 Å². The molecule has 5 aliphatic rings. The standard InChI is InChI=1S/C25H42N2O4/c1-22(2)19(27-31-15-9-12-26-14-15)8-11-24(4)18-7-10-23(3)17(5-6-20(23)28)16(18)13-21(29)25(22,24)30/h15-18,20-21,26,28-30H,5-14H2,1-4H3/b27-19+/t15-,16+,17+,18-,20?,21?,23+,24-,25?/m1/s1. The van der Waals surface area contributed by atoms with Gasteiger partial charge < -0.3 is 25.5 Å². The second-order valence-corrected chi connectivity index (χ2v) is 12.3. The van der Waals surface area contributed by atoms with E-state index in [0.717, 1.165) is 63.7 Å². The molecular formula is C25H42N2O4. The molecule has 0 aromatic rings. The minimum Gasteiger partial charge on any atom is -0.393 e. The van der Waals surface area contributed by atoms with Crippen molar-refractivity contribution >= 4 is 5.71 Å². The van der Waals surface area contributed by atoms with Gasteiger partial charge in [-0.25, -0.2) is 0 Å². The highest BCUT2D eigenvalue weighted by atomic mass is 16.6. The number of oxime groups is 1. The maximum absolute atomic E-state index is 12.4. The van der Waals surface area contributed by atoms with E-state index in [9.17, 15) is 15.3 Å². The number of hydrogen-bond donors (Lipinski definition) is 4. The molecule has 0 radical (unpaired) electrons. The van der Waals surface area contributed by atoms with Crippen molar-refractivity contribution in [2.24, 2.45) is 39.2 Å². The van der Waals surface area contributed by atoms with Crippen molar-refractivity contribution in [3.63, 3.8) is 0 Å². The molecule has 1 heterocycles. The van der Waals surface area contributed by atoms with Gasteiger partial charge in [0.05, 0.1) is 17.9 Å². The summed E-state index contributed by atoms with van der Waals surface area (Å²) < 4.78 is 0. The maximum atomic E-state index is 12.4. The molecule has 9 atom stereocenters. The van der Waals surface area contributed by atoms with Gasteiger partial charge in [-0.15, -0.1) is 0 Å². The highest BCUT2D eigenvalue weighted by molar-refractivity contribution is 5.91. The lowest BCUT2D eigenvalue weighted by Gasteiger charge is -2.68. The van der Waals surface area contributed by atoms with E-state index in [1.807, 2.05) is 0 Å². The minimum atomic E-state index is -1.24. The van der Waals surface area contributed by atoms with E-state index in [4.69, 9.17) is 4.84 Å². The summed E-state index contributed by atoms with van der Waals surface area (Å²) in [4.78, 5) is 5.86. The largest absolute Gasteiger partial charge is 0.393 e. The van der Waals surface area contributed by atoms with E-state index in [2.05, 4.69) is 38.2 Å². The fourth-order valence-corrected chi connectivity index (χ4v) is 8.90. The quantitative estimate of drug-likeness (QED) is 0.502. The van der Waals surface area contributed by atoms with Crippen LogP contribution >= 0.6 is 0 Å². The SMILES string of the molecule is CC1(C)/C(=N/O[C@@H]2CCNC2)CC[C@]2(C)[C@@H]3CC[C@]4(C)C(O)CC[C@H]4[C@@H]3CC(O)C12O. The number of fused-ring (bicyclic) bond motifs is 5. The molecule has 1 aliphatic heterocycles. The number of rotatable bonds is 2. The summed E-state index contributed by atoms with van der Waals surface area (Å²) >= 11 is 0. The highest BCUT2D eigenvalue weighted by Gasteiger charge is 2.72. The molecule has 0 amide bonds. The summed E-state index contributed by atoms with van der Waals surface area (Å²) in [6.07, 6.45) is 6.21. The number of aliphatic hydroxyl groups excluding tert-OH is 2. The lowest BCUT2D eigenvalue weighted by atomic mass is 9.38. The zero-order valence-electron chi connectivity index (χ0n) is 19.7. The predicted molar refractivity (Wildman–Crippen MR) is 120 cm³/mol. The summed E-state index contributed by atoms with van der Waals surface area (Å²) in [7, 11) is 0. The van der Waals surface area contributed by atoms with E-state index < -0.39 is 17.1 Å². The molecule has 0 aromatic carbocycles. The molecule has 4 saturated carbocycles. The highest BCUT2D eigenvalue weighted by Crippen LogP contribution is 2.69. The first-order valence-electron chi connectivity index (χ1n) is 12.6. The molecule has 6 nitrogen and oxygen atoms in total. The first kappa shape index (κ1) is 22.1. The molecule has 176 valence electrons. The first-order valence-corrected chi connectivity index (χ1v) is 12.6. The van der Waals surface area contributed by atoms with Crippen molar-refractivity contribution in [2.75, 3.05) is 13.1 Å². The average molecular weight is 435 g/mol. The van der Waals surface area contributed by atoms with E-state index in [-0.39, 0.29) is 23.0 Å². The van der Waals surface area contributed by atoms with Crippen molar-refractivity contribution in [1.29, 1.82) is 0 Å². The van der Waals surface area contributed by atoms with Crippen LogP contribution in [-0.2, 0) is 4.84 Å². The molecule has 5 fully saturated rings. The van der Waals surface area contributed by atoms with Gasteiger partial charge in [-0.05, 0) is 74.7 Å². The van der Waals surface area contributed by atoms with Crippen LogP contribution in [0.25, 0.3) is 0 Å². The summed E-state index contributed by atoms with van der Waals surface area (Å²) in [6.45, 7) is 10.4. The Kier molecular flexibility index (Phi) is 5.10. The average Bonchev–Trinajstić information content (AvgIpc) is 3.33. The van der Waals surface area contributed by atoms with E-state index in [0.29, 0.717) is 24.2 Å². The molecule has 3 unspecified atom stereocenters. The molecular weight excluding hydrogens is 392 g/mol. The van der Waals surface area contributed by atoms with Crippen molar-refractivity contribution < 1.29 is 20.2 Å². The third-order valence-corrected chi connectivity index (χ3v) is 10.9. The normalized spacial score (nSPS) is 54.9. The van der Waals surface area contributed by atoms with Crippen LogP contribution in [0.1, 0.15) is 79.1 Å². The topological polar surface area (TPSA) is 94.3 Å². The van der Waals surface area contributed by atoms with Gasteiger partial charge in [0, 0.05) is 23.8 Å². The Hall–Kier alpha value is -0.690. The second kappa shape index (κ2) is 7.15. The van der Waals surface area contributed by atoms with Gasteiger partial charge in [-0.1, -0.05) is 32.9 Å². The summed E-state index contributed by atoms with van der Waals surface area (Å²) in [5, 5.41) is 42.5. The predicted octanol–water partition coefficient (Wildman–Crippen LogP) is 2.85. The van der Waals surface area contributed by atoms with Crippen molar-refractivity contribution in [3.05, 3.63) is 0 Å². The summed E-state index contributed by atoms with van der Waals surface area (Å²) in [5.74, 6) is 1.17. The fourth-order valence-electron chi connectivity index (χ4n) is 8.90. The first-order chi connectivity index (χ1) is 14.6.